The number of pyridine rings is 1. The molecule has 3 N–H and O–H groups in total. The minimum atomic E-state index is -0.801. The molecule has 11 rings (SSSR count). The Bertz CT molecular complexity index is 3570. The first-order chi connectivity index (χ1) is 37.6. The van der Waals surface area contributed by atoms with E-state index in [9.17, 15) is 0 Å². The lowest BCUT2D eigenvalue weighted by Gasteiger charge is -2.33. The summed E-state index contributed by atoms with van der Waals surface area (Å²) in [5.41, 5.74) is 18.9. The standard InChI is InChI=1S/C67H57N9/c1-69-46-45-63(73(52-29-11-3-12-30-52)53-31-13-4-14-32-53)72-67(75(56-37-19-7-20-38-56)57-39-21-8-22-40-57)60-48-51(49-65(70-60)76-61-43-25-23-41-58(61)59-42-24-26-44-62(59)76)66(68)71-64(47-50-27-9-2-10-28-50)74(54-33-15-5-16-34-54)55-35-17-6-18-36-55/h2-25,27-43,45-49,67,69H,26,44H2,1H3,(H2,68,71)/b46-45-,64-47+,72-63+. The molecule has 1 atom stereocenters. The van der Waals surface area contributed by atoms with Crippen molar-refractivity contribution >= 4 is 68.9 Å². The van der Waals surface area contributed by atoms with Gasteiger partial charge in [-0.2, -0.15) is 0 Å². The summed E-state index contributed by atoms with van der Waals surface area (Å²) in [7, 11) is 1.90. The maximum atomic E-state index is 7.61. The highest BCUT2D eigenvalue weighted by Gasteiger charge is 2.29. The highest BCUT2D eigenvalue weighted by Crippen LogP contribution is 2.40. The molecule has 2 heterocycles. The van der Waals surface area contributed by atoms with Crippen LogP contribution in [0.1, 0.15) is 40.7 Å². The normalized spacial score (nSPS) is 13.1. The highest BCUT2D eigenvalue weighted by atomic mass is 15.3. The quantitative estimate of drug-likeness (QED) is 0.0740. The number of hydrogen-bond donors (Lipinski definition) is 2. The van der Waals surface area contributed by atoms with Crippen molar-refractivity contribution < 1.29 is 0 Å². The number of benzene rings is 8. The van der Waals surface area contributed by atoms with Crippen LogP contribution in [0.25, 0.3) is 28.9 Å². The monoisotopic (exact) mass is 987 g/mol. The Balaban J connectivity index is 1.22. The van der Waals surface area contributed by atoms with Crippen LogP contribution in [0, 0.1) is 0 Å². The van der Waals surface area contributed by atoms with E-state index in [1.165, 1.54) is 11.3 Å². The Morgan fingerprint density at radius 2 is 1.08 bits per heavy atom. The molecule has 0 saturated heterocycles. The van der Waals surface area contributed by atoms with Crippen LogP contribution in [0.3, 0.4) is 0 Å². The van der Waals surface area contributed by atoms with Crippen LogP contribution in [0.2, 0.25) is 0 Å². The van der Waals surface area contributed by atoms with Crippen molar-refractivity contribution in [3.05, 3.63) is 301 Å². The number of nitrogens with two attached hydrogens (primary N) is 1. The van der Waals surface area contributed by atoms with Gasteiger partial charge >= 0.3 is 0 Å². The van der Waals surface area contributed by atoms with Gasteiger partial charge in [0, 0.05) is 63.4 Å². The van der Waals surface area contributed by atoms with Gasteiger partial charge in [0.25, 0.3) is 0 Å². The molecule has 76 heavy (non-hydrogen) atoms. The highest BCUT2D eigenvalue weighted by molar-refractivity contribution is 6.11. The minimum absolute atomic E-state index is 0.299. The molecule has 0 amide bonds. The molecule has 0 bridgehead atoms. The number of nitrogens with one attached hydrogen (secondary N) is 1. The molecule has 1 aliphatic carbocycles. The third-order valence-electron chi connectivity index (χ3n) is 13.3. The molecule has 0 spiro atoms. The van der Waals surface area contributed by atoms with E-state index in [2.05, 4.69) is 213 Å². The Morgan fingerprint density at radius 1 is 0.592 bits per heavy atom. The van der Waals surface area contributed by atoms with Crippen molar-refractivity contribution in [1.29, 1.82) is 0 Å². The molecule has 0 aliphatic heterocycles. The van der Waals surface area contributed by atoms with Gasteiger partial charge in [0.1, 0.15) is 23.3 Å². The summed E-state index contributed by atoms with van der Waals surface area (Å²) in [6.07, 6.45) is 11.5. The number of aliphatic imine (C=N–C) groups is 2. The van der Waals surface area contributed by atoms with E-state index in [1.54, 1.807) is 0 Å². The second-order valence-corrected chi connectivity index (χ2v) is 18.2. The number of rotatable bonds is 16. The summed E-state index contributed by atoms with van der Waals surface area (Å²) < 4.78 is 2.31. The zero-order chi connectivity index (χ0) is 51.5. The van der Waals surface area contributed by atoms with Crippen molar-refractivity contribution in [1.82, 2.24) is 14.9 Å². The van der Waals surface area contributed by atoms with E-state index < -0.39 is 6.17 Å². The molecule has 1 aliphatic rings. The molecular weight excluding hydrogens is 931 g/mol. The Kier molecular flexibility index (Phi) is 14.5. The van der Waals surface area contributed by atoms with Gasteiger partial charge in [0.05, 0.1) is 11.2 Å². The predicted octanol–water partition coefficient (Wildman–Crippen LogP) is 15.3. The molecule has 1 unspecified atom stereocenters. The maximum absolute atomic E-state index is 7.61. The lowest BCUT2D eigenvalue weighted by atomic mass is 10.0. The minimum Gasteiger partial charge on any atom is -0.394 e. The Hall–Kier alpha value is -9.99. The third-order valence-corrected chi connectivity index (χ3v) is 13.3. The fourth-order valence-corrected chi connectivity index (χ4v) is 9.86. The predicted molar refractivity (Wildman–Crippen MR) is 317 cm³/mol. The van der Waals surface area contributed by atoms with E-state index in [0.29, 0.717) is 34.6 Å². The lowest BCUT2D eigenvalue weighted by molar-refractivity contribution is 0.705. The summed E-state index contributed by atoms with van der Waals surface area (Å²) in [5, 5.41) is 4.42. The Labute approximate surface area is 444 Å². The molecule has 9 nitrogen and oxygen atoms in total. The van der Waals surface area contributed by atoms with Crippen LogP contribution in [0.4, 0.5) is 34.1 Å². The lowest BCUT2D eigenvalue weighted by Crippen LogP contribution is -2.30. The van der Waals surface area contributed by atoms with Gasteiger partial charge in [-0.05, 0) is 128 Å². The zero-order valence-corrected chi connectivity index (χ0v) is 42.3. The summed E-state index contributed by atoms with van der Waals surface area (Å²) in [6.45, 7) is 0. The van der Waals surface area contributed by atoms with Crippen LogP contribution in [0.5, 0.6) is 0 Å². The number of allylic oxidation sites excluding steroid dienone is 1. The van der Waals surface area contributed by atoms with E-state index >= 15 is 0 Å². The van der Waals surface area contributed by atoms with Crippen molar-refractivity contribution in [3.63, 3.8) is 0 Å². The van der Waals surface area contributed by atoms with Gasteiger partial charge in [0.15, 0.2) is 6.17 Å². The summed E-state index contributed by atoms with van der Waals surface area (Å²) in [6, 6.07) is 85.1. The van der Waals surface area contributed by atoms with Gasteiger partial charge in [-0.15, -0.1) is 0 Å². The molecule has 0 fully saturated rings. The smallest absolute Gasteiger partial charge is 0.170 e. The average Bonchev–Trinajstić information content (AvgIpc) is 3.86. The maximum Gasteiger partial charge on any atom is 0.170 e. The van der Waals surface area contributed by atoms with Crippen molar-refractivity contribution in [2.45, 2.75) is 19.0 Å². The van der Waals surface area contributed by atoms with Crippen molar-refractivity contribution in [2.24, 2.45) is 15.7 Å². The summed E-state index contributed by atoms with van der Waals surface area (Å²) in [5.74, 6) is 2.29. The first-order valence-corrected chi connectivity index (χ1v) is 25.7. The second-order valence-electron chi connectivity index (χ2n) is 18.2. The van der Waals surface area contributed by atoms with E-state index in [4.69, 9.17) is 20.7 Å². The van der Waals surface area contributed by atoms with Crippen LogP contribution in [-0.2, 0) is 6.42 Å². The summed E-state index contributed by atoms with van der Waals surface area (Å²) >= 11 is 0. The van der Waals surface area contributed by atoms with Gasteiger partial charge in [-0.1, -0.05) is 170 Å². The molecule has 0 radical (unpaired) electrons. The number of hydrogen-bond acceptors (Lipinski definition) is 6. The van der Waals surface area contributed by atoms with Crippen LogP contribution in [-0.4, -0.2) is 28.3 Å². The Morgan fingerprint density at radius 3 is 1.62 bits per heavy atom. The number of aromatic nitrogens is 2. The van der Waals surface area contributed by atoms with E-state index in [1.807, 2.05) is 98.2 Å². The molecule has 0 saturated carbocycles. The SMILES string of the molecule is CN/C=C\C(=N/C(c1cc(/C(N)=N/C(=C\c2ccccc2)N(c2ccccc2)c2ccccc2)cc(-n2c3c(c4ccccc42)C=CCC3)n1)N(c1ccccc1)c1ccccc1)N(c1ccccc1)c1ccccc1. The van der Waals surface area contributed by atoms with E-state index in [0.717, 1.165) is 63.4 Å². The largest absolute Gasteiger partial charge is 0.394 e. The molecule has 2 aromatic heterocycles. The molecule has 9 heteroatoms. The summed E-state index contributed by atoms with van der Waals surface area (Å²) in [4.78, 5) is 23.8. The molecular formula is C67H57N9. The van der Waals surface area contributed by atoms with E-state index in [-0.39, 0.29) is 0 Å². The fraction of sp³-hybridized carbons (Fsp3) is 0.0597. The second kappa shape index (κ2) is 22.8. The van der Waals surface area contributed by atoms with Crippen molar-refractivity contribution in [3.8, 4) is 5.82 Å². The first-order valence-electron chi connectivity index (χ1n) is 25.7. The average molecular weight is 988 g/mol. The number of amidine groups is 2. The number of para-hydroxylation sites is 7. The number of fused-ring (bicyclic) bond motifs is 3. The topological polar surface area (TPSA) is 90.3 Å². The van der Waals surface area contributed by atoms with Gasteiger partial charge in [-0.25, -0.2) is 15.0 Å². The van der Waals surface area contributed by atoms with Crippen LogP contribution < -0.4 is 25.8 Å². The molecule has 10 aromatic rings. The van der Waals surface area contributed by atoms with Crippen LogP contribution >= 0.6 is 0 Å². The van der Waals surface area contributed by atoms with Gasteiger partial charge < -0.3 is 16.0 Å². The first kappa shape index (κ1) is 48.3. The number of anilines is 6. The van der Waals surface area contributed by atoms with Gasteiger partial charge in [0.2, 0.25) is 0 Å². The third kappa shape index (κ3) is 10.4. The van der Waals surface area contributed by atoms with Crippen molar-refractivity contribution in [2.75, 3.05) is 21.7 Å². The molecule has 370 valence electrons. The fourth-order valence-electron chi connectivity index (χ4n) is 9.86. The van der Waals surface area contributed by atoms with Crippen LogP contribution in [0.15, 0.2) is 283 Å². The van der Waals surface area contributed by atoms with Gasteiger partial charge in [-0.3, -0.25) is 14.4 Å². The molecule has 8 aromatic carbocycles. The zero-order valence-electron chi connectivity index (χ0n) is 42.3. The number of nitrogens with zero attached hydrogens (tertiary/aromatic N) is 7.